The Bertz CT molecular complexity index is 1210. The van der Waals surface area contributed by atoms with Crippen LogP contribution in [0.4, 0.5) is 0 Å². The second-order valence-corrected chi connectivity index (χ2v) is 7.72. The van der Waals surface area contributed by atoms with E-state index in [0.29, 0.717) is 43.0 Å². The highest BCUT2D eigenvalue weighted by Crippen LogP contribution is 2.11. The van der Waals surface area contributed by atoms with Gasteiger partial charge in [0.25, 0.3) is 11.5 Å². The molecule has 0 aromatic carbocycles. The Morgan fingerprint density at radius 3 is 2.77 bits per heavy atom. The first-order valence-electron chi connectivity index (χ1n) is 10.2. The van der Waals surface area contributed by atoms with Gasteiger partial charge >= 0.3 is 0 Å². The molecule has 3 aromatic heterocycles. The van der Waals surface area contributed by atoms with Gasteiger partial charge in [0.1, 0.15) is 16.8 Å². The third kappa shape index (κ3) is 3.86. The zero-order valence-corrected chi connectivity index (χ0v) is 17.2. The molecule has 0 unspecified atom stereocenters. The lowest BCUT2D eigenvalue weighted by atomic mass is 10.2. The van der Waals surface area contributed by atoms with E-state index < -0.39 is 0 Å². The Hall–Kier alpha value is -3.04. The average molecular weight is 410 g/mol. The Morgan fingerprint density at radius 1 is 1.27 bits per heavy atom. The minimum Gasteiger partial charge on any atom is -0.379 e. The van der Waals surface area contributed by atoms with Crippen molar-refractivity contribution in [3.05, 3.63) is 51.9 Å². The summed E-state index contributed by atoms with van der Waals surface area (Å²) in [6, 6.07) is 6.76. The number of hydrogen-bond acceptors (Lipinski definition) is 6. The summed E-state index contributed by atoms with van der Waals surface area (Å²) >= 11 is 0. The molecule has 9 nitrogen and oxygen atoms in total. The molecule has 0 radical (unpaired) electrons. The number of amides is 1. The standard InChI is InChI=1S/C21H26N6O3/c1-14(2)23-20(28)15-13-16-19(24-17-5-3-4-6-26(17)21(16)29)27(18(15)22)8-7-25-9-11-30-12-10-25/h3-6,13-14,22H,7-12H2,1-2H3,(H,23,28). The first kappa shape index (κ1) is 20.2. The van der Waals surface area contributed by atoms with E-state index in [1.54, 1.807) is 22.9 Å². The van der Waals surface area contributed by atoms with Gasteiger partial charge in [0, 0.05) is 38.4 Å². The van der Waals surface area contributed by atoms with Gasteiger partial charge in [0.05, 0.1) is 24.2 Å². The number of rotatable bonds is 5. The zero-order chi connectivity index (χ0) is 21.3. The van der Waals surface area contributed by atoms with Crippen LogP contribution in [0, 0.1) is 5.41 Å². The molecule has 3 aromatic rings. The van der Waals surface area contributed by atoms with Crippen molar-refractivity contribution in [1.82, 2.24) is 24.2 Å². The van der Waals surface area contributed by atoms with Gasteiger partial charge in [-0.05, 0) is 32.0 Å². The van der Waals surface area contributed by atoms with Crippen LogP contribution in [0.15, 0.2) is 35.3 Å². The van der Waals surface area contributed by atoms with Crippen molar-refractivity contribution < 1.29 is 9.53 Å². The molecule has 1 amide bonds. The van der Waals surface area contributed by atoms with Gasteiger partial charge in [-0.2, -0.15) is 0 Å². The fourth-order valence-corrected chi connectivity index (χ4v) is 3.68. The SMILES string of the molecule is CC(C)NC(=O)c1cc2c(=O)n3ccccc3nc2n(CCN2CCOCC2)c1=N. The van der Waals surface area contributed by atoms with E-state index in [0.717, 1.165) is 13.1 Å². The molecule has 1 aliphatic heterocycles. The predicted octanol–water partition coefficient (Wildman–Crippen LogP) is 0.599. The number of carbonyl (C=O) groups excluding carboxylic acids is 1. The van der Waals surface area contributed by atoms with Gasteiger partial charge in [-0.1, -0.05) is 6.07 Å². The molecule has 9 heteroatoms. The van der Waals surface area contributed by atoms with Crippen molar-refractivity contribution >= 4 is 22.6 Å². The lowest BCUT2D eigenvalue weighted by Crippen LogP contribution is -2.41. The Balaban J connectivity index is 1.88. The second-order valence-electron chi connectivity index (χ2n) is 7.72. The van der Waals surface area contributed by atoms with E-state index in [1.165, 1.54) is 10.5 Å². The van der Waals surface area contributed by atoms with Gasteiger partial charge in [-0.15, -0.1) is 0 Å². The van der Waals surface area contributed by atoms with Crippen molar-refractivity contribution in [2.24, 2.45) is 0 Å². The van der Waals surface area contributed by atoms with Crippen LogP contribution in [0.25, 0.3) is 16.7 Å². The average Bonchev–Trinajstić information content (AvgIpc) is 2.73. The second kappa shape index (κ2) is 8.37. The number of fused-ring (bicyclic) bond motifs is 2. The minimum absolute atomic E-state index is 0.0566. The number of pyridine rings is 2. The van der Waals surface area contributed by atoms with Crippen LogP contribution in [0.5, 0.6) is 0 Å². The topological polar surface area (TPSA) is 105 Å². The predicted molar refractivity (Wildman–Crippen MR) is 113 cm³/mol. The molecule has 2 N–H and O–H groups in total. The molecule has 4 rings (SSSR count). The highest BCUT2D eigenvalue weighted by Gasteiger charge is 2.19. The summed E-state index contributed by atoms with van der Waals surface area (Å²) in [5.41, 5.74) is 0.905. The fraction of sp³-hybridized carbons (Fsp3) is 0.429. The zero-order valence-electron chi connectivity index (χ0n) is 17.2. The molecule has 1 aliphatic rings. The monoisotopic (exact) mass is 410 g/mol. The smallest absolute Gasteiger partial charge is 0.267 e. The lowest BCUT2D eigenvalue weighted by Gasteiger charge is -2.27. The van der Waals surface area contributed by atoms with Crippen LogP contribution in [0.1, 0.15) is 24.2 Å². The minimum atomic E-state index is -0.366. The van der Waals surface area contributed by atoms with Crippen LogP contribution >= 0.6 is 0 Å². The van der Waals surface area contributed by atoms with Gasteiger partial charge in [-0.3, -0.25) is 24.3 Å². The van der Waals surface area contributed by atoms with Crippen LogP contribution < -0.4 is 16.4 Å². The molecule has 1 saturated heterocycles. The summed E-state index contributed by atoms with van der Waals surface area (Å²) in [5, 5.41) is 11.9. The quantitative estimate of drug-likeness (QED) is 0.600. The molecule has 1 fully saturated rings. The number of carbonyl (C=O) groups is 1. The highest BCUT2D eigenvalue weighted by molar-refractivity contribution is 5.96. The summed E-state index contributed by atoms with van der Waals surface area (Å²) in [7, 11) is 0. The fourth-order valence-electron chi connectivity index (χ4n) is 3.68. The molecule has 0 atom stereocenters. The number of nitrogens with one attached hydrogen (secondary N) is 2. The van der Waals surface area contributed by atoms with Crippen molar-refractivity contribution in [3.63, 3.8) is 0 Å². The first-order chi connectivity index (χ1) is 14.5. The molecular formula is C21H26N6O3. The largest absolute Gasteiger partial charge is 0.379 e. The summed E-state index contributed by atoms with van der Waals surface area (Å²) in [5.74, 6) is -0.366. The molecule has 0 aliphatic carbocycles. The Kier molecular flexibility index (Phi) is 5.65. The van der Waals surface area contributed by atoms with Gasteiger partial charge in [0.15, 0.2) is 0 Å². The maximum Gasteiger partial charge on any atom is 0.267 e. The summed E-state index contributed by atoms with van der Waals surface area (Å²) in [6.07, 6.45) is 1.66. The van der Waals surface area contributed by atoms with Crippen molar-refractivity contribution in [3.8, 4) is 0 Å². The molecule has 4 heterocycles. The molecule has 30 heavy (non-hydrogen) atoms. The number of hydrogen-bond donors (Lipinski definition) is 2. The van der Waals surface area contributed by atoms with Gasteiger partial charge < -0.3 is 14.6 Å². The molecule has 0 saturated carbocycles. The third-order valence-corrected chi connectivity index (χ3v) is 5.23. The Labute approximate surface area is 173 Å². The van der Waals surface area contributed by atoms with E-state index in [9.17, 15) is 9.59 Å². The van der Waals surface area contributed by atoms with Crippen molar-refractivity contribution in [2.75, 3.05) is 32.8 Å². The van der Waals surface area contributed by atoms with E-state index in [-0.39, 0.29) is 28.6 Å². The third-order valence-electron chi connectivity index (χ3n) is 5.23. The number of aromatic nitrogens is 3. The molecular weight excluding hydrogens is 384 g/mol. The molecule has 158 valence electrons. The van der Waals surface area contributed by atoms with Crippen LogP contribution in [0.2, 0.25) is 0 Å². The van der Waals surface area contributed by atoms with Crippen molar-refractivity contribution in [1.29, 1.82) is 5.41 Å². The first-order valence-corrected chi connectivity index (χ1v) is 10.2. The summed E-state index contributed by atoms with van der Waals surface area (Å²) < 4.78 is 8.54. The Morgan fingerprint density at radius 2 is 2.03 bits per heavy atom. The summed E-state index contributed by atoms with van der Waals surface area (Å²) in [6.45, 7) is 7.85. The van der Waals surface area contributed by atoms with Crippen LogP contribution in [-0.4, -0.2) is 63.6 Å². The van der Waals surface area contributed by atoms with Crippen LogP contribution in [0.3, 0.4) is 0 Å². The molecule has 0 spiro atoms. The van der Waals surface area contributed by atoms with Crippen LogP contribution in [-0.2, 0) is 11.3 Å². The number of morpholine rings is 1. The van der Waals surface area contributed by atoms with E-state index in [1.807, 2.05) is 19.9 Å². The number of nitrogens with zero attached hydrogens (tertiary/aromatic N) is 4. The van der Waals surface area contributed by atoms with E-state index in [4.69, 9.17) is 10.1 Å². The van der Waals surface area contributed by atoms with Gasteiger partial charge in [-0.25, -0.2) is 4.98 Å². The normalized spacial score (nSPS) is 15.2. The maximum absolute atomic E-state index is 13.1. The van der Waals surface area contributed by atoms with Gasteiger partial charge in [0.2, 0.25) is 0 Å². The van der Waals surface area contributed by atoms with E-state index >= 15 is 0 Å². The maximum atomic E-state index is 13.1. The number of ether oxygens (including phenoxy) is 1. The highest BCUT2D eigenvalue weighted by atomic mass is 16.5. The lowest BCUT2D eigenvalue weighted by molar-refractivity contribution is 0.0363. The summed E-state index contributed by atoms with van der Waals surface area (Å²) in [4.78, 5) is 32.8. The van der Waals surface area contributed by atoms with Crippen molar-refractivity contribution in [2.45, 2.75) is 26.4 Å². The van der Waals surface area contributed by atoms with E-state index in [2.05, 4.69) is 15.2 Å². The molecule has 0 bridgehead atoms.